The van der Waals surface area contributed by atoms with Crippen molar-refractivity contribution in [2.24, 2.45) is 0 Å². The van der Waals surface area contributed by atoms with Crippen LogP contribution < -0.4 is 0 Å². The minimum absolute atomic E-state index is 0.144. The number of hydrogen-bond acceptors (Lipinski definition) is 5. The molecule has 1 aromatic carbocycles. The molecule has 1 aromatic heterocycles. The monoisotopic (exact) mass is 483 g/mol. The first-order valence-corrected chi connectivity index (χ1v) is 10.9. The molecule has 3 rings (SSSR count). The highest BCUT2D eigenvalue weighted by molar-refractivity contribution is 5.68. The van der Waals surface area contributed by atoms with Gasteiger partial charge in [0, 0.05) is 25.3 Å². The summed E-state index contributed by atoms with van der Waals surface area (Å²) in [7, 11) is 0. The van der Waals surface area contributed by atoms with Crippen molar-refractivity contribution >= 4 is 6.09 Å². The van der Waals surface area contributed by atoms with E-state index in [4.69, 9.17) is 4.74 Å². The van der Waals surface area contributed by atoms with E-state index in [1.807, 2.05) is 11.8 Å². The number of aromatic nitrogens is 1. The molecule has 0 spiro atoms. The van der Waals surface area contributed by atoms with Gasteiger partial charge in [0.2, 0.25) is 0 Å². The third-order valence-corrected chi connectivity index (χ3v) is 5.63. The molecular weight excluding hydrogens is 454 g/mol. The number of pyridine rings is 1. The van der Waals surface area contributed by atoms with Gasteiger partial charge in [-0.25, -0.2) is 9.18 Å². The van der Waals surface area contributed by atoms with Crippen molar-refractivity contribution in [3.05, 3.63) is 65.2 Å². The second kappa shape index (κ2) is 9.87. The highest BCUT2D eigenvalue weighted by Gasteiger charge is 2.40. The van der Waals surface area contributed by atoms with Crippen LogP contribution in [0.4, 0.5) is 22.4 Å². The summed E-state index contributed by atoms with van der Waals surface area (Å²) in [5.74, 6) is -0.454. The summed E-state index contributed by atoms with van der Waals surface area (Å²) >= 11 is 0. The minimum atomic E-state index is -4.53. The number of carbonyl (C=O) groups is 1. The van der Waals surface area contributed by atoms with Crippen LogP contribution in [0.5, 0.6) is 0 Å². The maximum absolute atomic E-state index is 13.6. The number of alkyl halides is 3. The number of halogens is 4. The van der Waals surface area contributed by atoms with Crippen LogP contribution in [-0.2, 0) is 10.9 Å². The molecule has 1 amide bonds. The molecule has 1 aliphatic rings. The van der Waals surface area contributed by atoms with E-state index >= 15 is 0 Å². The smallest absolute Gasteiger partial charge is 0.417 e. The van der Waals surface area contributed by atoms with Gasteiger partial charge in [-0.2, -0.15) is 13.2 Å². The Kier molecular flexibility index (Phi) is 7.52. The molecule has 1 aliphatic heterocycles. The van der Waals surface area contributed by atoms with Crippen LogP contribution >= 0.6 is 0 Å². The third-order valence-electron chi connectivity index (χ3n) is 5.63. The van der Waals surface area contributed by atoms with Crippen LogP contribution in [0.2, 0.25) is 0 Å². The summed E-state index contributed by atoms with van der Waals surface area (Å²) < 4.78 is 58.3. The molecule has 0 saturated carbocycles. The first-order valence-electron chi connectivity index (χ1n) is 10.9. The molecule has 0 aliphatic carbocycles. The molecule has 6 nitrogen and oxygen atoms in total. The average Bonchev–Trinajstić information content (AvgIpc) is 2.74. The first-order chi connectivity index (χ1) is 15.8. The van der Waals surface area contributed by atoms with Crippen LogP contribution in [0.25, 0.3) is 0 Å². The number of piperazine rings is 1. The molecule has 0 bridgehead atoms. The summed E-state index contributed by atoms with van der Waals surface area (Å²) in [5.41, 5.74) is -0.652. The van der Waals surface area contributed by atoms with E-state index in [1.54, 1.807) is 32.9 Å². The van der Waals surface area contributed by atoms with Crippen molar-refractivity contribution in [1.29, 1.82) is 0 Å². The van der Waals surface area contributed by atoms with Gasteiger partial charge in [0.05, 0.1) is 29.9 Å². The number of nitrogens with zero attached hydrogens (tertiary/aromatic N) is 3. The van der Waals surface area contributed by atoms with E-state index in [0.29, 0.717) is 11.3 Å². The van der Waals surface area contributed by atoms with Gasteiger partial charge < -0.3 is 14.7 Å². The Morgan fingerprint density at radius 2 is 1.79 bits per heavy atom. The summed E-state index contributed by atoms with van der Waals surface area (Å²) in [6, 6.07) is 6.31. The number of ether oxygens (including phenoxy) is 1. The molecule has 0 radical (unpaired) electrons. The second-order valence-electron chi connectivity index (χ2n) is 9.44. The van der Waals surface area contributed by atoms with Gasteiger partial charge in [0.1, 0.15) is 11.4 Å². The molecule has 34 heavy (non-hydrogen) atoms. The number of aliphatic hydroxyl groups excluding tert-OH is 1. The second-order valence-corrected chi connectivity index (χ2v) is 9.44. The molecule has 1 N–H and O–H groups in total. The van der Waals surface area contributed by atoms with Crippen molar-refractivity contribution < 1.29 is 32.2 Å². The molecule has 3 atom stereocenters. The Bertz CT molecular complexity index is 975. The number of aliphatic hydroxyl groups is 1. The van der Waals surface area contributed by atoms with Crippen molar-refractivity contribution in [2.75, 3.05) is 19.7 Å². The lowest BCUT2D eigenvalue weighted by molar-refractivity contribution is -0.137. The predicted molar refractivity (Wildman–Crippen MR) is 117 cm³/mol. The van der Waals surface area contributed by atoms with E-state index in [9.17, 15) is 27.5 Å². The quantitative estimate of drug-likeness (QED) is 0.643. The van der Waals surface area contributed by atoms with Gasteiger partial charge in [0.25, 0.3) is 0 Å². The van der Waals surface area contributed by atoms with Crippen LogP contribution in [0, 0.1) is 5.82 Å². The fraction of sp³-hybridized carbons (Fsp3) is 0.500. The topological polar surface area (TPSA) is 65.9 Å². The highest BCUT2D eigenvalue weighted by Crippen LogP contribution is 2.35. The number of carbonyl (C=O) groups excluding carboxylic acids is 1. The molecule has 186 valence electrons. The molecular formula is C24H29F4N3O3. The predicted octanol–water partition coefficient (Wildman–Crippen LogP) is 4.63. The van der Waals surface area contributed by atoms with Crippen LogP contribution in [0.1, 0.15) is 50.6 Å². The zero-order valence-corrected chi connectivity index (χ0v) is 19.5. The summed E-state index contributed by atoms with van der Waals surface area (Å²) in [6.07, 6.45) is -4.28. The lowest BCUT2D eigenvalue weighted by Crippen LogP contribution is -2.61. The van der Waals surface area contributed by atoms with E-state index in [1.165, 1.54) is 23.1 Å². The van der Waals surface area contributed by atoms with Crippen molar-refractivity contribution in [3.63, 3.8) is 0 Å². The lowest BCUT2D eigenvalue weighted by atomic mass is 9.96. The van der Waals surface area contributed by atoms with Crippen molar-refractivity contribution in [3.8, 4) is 0 Å². The molecule has 10 heteroatoms. The standard InChI is InChI=1S/C24H29F4N3O3/c1-15-12-31(19(14-32)13-30(15)22(33)34-23(2,3)4)21(16-5-8-18(25)9-6-16)20-10-7-17(11-29-20)24(26,27)28/h5-11,15,19,21,32H,12-14H2,1-4H3/t15-,19-,21?/m0/s1. The number of hydrogen-bond donors (Lipinski definition) is 1. The first kappa shape index (κ1) is 25.9. The van der Waals surface area contributed by atoms with Gasteiger partial charge in [0.15, 0.2) is 0 Å². The van der Waals surface area contributed by atoms with Gasteiger partial charge in [-0.05, 0) is 57.5 Å². The van der Waals surface area contributed by atoms with Gasteiger partial charge in [-0.3, -0.25) is 9.88 Å². The molecule has 1 fully saturated rings. The molecule has 2 aromatic rings. The third kappa shape index (κ3) is 6.04. The normalized spacial score (nSPS) is 20.8. The summed E-state index contributed by atoms with van der Waals surface area (Å²) in [4.78, 5) is 20.2. The van der Waals surface area contributed by atoms with Crippen molar-refractivity contribution in [1.82, 2.24) is 14.8 Å². The van der Waals surface area contributed by atoms with Gasteiger partial charge in [-0.1, -0.05) is 12.1 Å². The van der Waals surface area contributed by atoms with Gasteiger partial charge in [-0.15, -0.1) is 0 Å². The summed E-state index contributed by atoms with van der Waals surface area (Å²) in [6.45, 7) is 7.22. The lowest BCUT2D eigenvalue weighted by Gasteiger charge is -2.47. The zero-order chi connectivity index (χ0) is 25.3. The zero-order valence-electron chi connectivity index (χ0n) is 19.5. The van der Waals surface area contributed by atoms with Crippen LogP contribution in [0.15, 0.2) is 42.6 Å². The maximum Gasteiger partial charge on any atom is 0.417 e. The minimum Gasteiger partial charge on any atom is -0.444 e. The van der Waals surface area contributed by atoms with E-state index < -0.39 is 41.3 Å². The Labute approximate surface area is 196 Å². The maximum atomic E-state index is 13.6. The fourth-order valence-corrected chi connectivity index (χ4v) is 4.03. The van der Waals surface area contributed by atoms with Crippen LogP contribution in [-0.4, -0.2) is 63.4 Å². The molecule has 1 saturated heterocycles. The fourth-order valence-electron chi connectivity index (χ4n) is 4.03. The Balaban J connectivity index is 1.97. The SMILES string of the molecule is C[C@H]1CN(C(c2ccc(F)cc2)c2ccc(C(F)(F)F)cn2)[C@H](CO)CN1C(=O)OC(C)(C)C. The highest BCUT2D eigenvalue weighted by atomic mass is 19.4. The van der Waals surface area contributed by atoms with Crippen molar-refractivity contribution in [2.45, 2.75) is 57.6 Å². The summed E-state index contributed by atoms with van der Waals surface area (Å²) in [5, 5.41) is 10.2. The number of amides is 1. The largest absolute Gasteiger partial charge is 0.444 e. The van der Waals surface area contributed by atoms with E-state index in [-0.39, 0.29) is 25.7 Å². The van der Waals surface area contributed by atoms with Crippen LogP contribution in [0.3, 0.4) is 0 Å². The average molecular weight is 484 g/mol. The van der Waals surface area contributed by atoms with Gasteiger partial charge >= 0.3 is 12.3 Å². The van der Waals surface area contributed by atoms with E-state index in [2.05, 4.69) is 4.98 Å². The Hall–Kier alpha value is -2.72. The molecule has 2 heterocycles. The Morgan fingerprint density at radius 1 is 1.15 bits per heavy atom. The molecule has 1 unspecified atom stereocenters. The number of rotatable bonds is 4. The Morgan fingerprint density at radius 3 is 2.29 bits per heavy atom. The number of benzene rings is 1. The van der Waals surface area contributed by atoms with E-state index in [0.717, 1.165) is 12.3 Å².